The van der Waals surface area contributed by atoms with Gasteiger partial charge in [-0.1, -0.05) is 36.1 Å². The van der Waals surface area contributed by atoms with Crippen LogP contribution in [0.25, 0.3) is 0 Å². The molecule has 0 radical (unpaired) electrons. The molecule has 1 saturated carbocycles. The maximum absolute atomic E-state index is 11.6. The Bertz CT molecular complexity index is 405. The Labute approximate surface area is 103 Å². The molecule has 1 N–H and O–H groups in total. The SMILES string of the molecule is C=CCSc1nnc(NC(=O)[C@@H]2C[C@@H]2C)s1. The minimum Gasteiger partial charge on any atom is -0.300 e. The molecule has 1 fully saturated rings. The van der Waals surface area contributed by atoms with E-state index in [-0.39, 0.29) is 11.8 Å². The molecule has 86 valence electrons. The lowest BCUT2D eigenvalue weighted by atomic mass is 10.3. The van der Waals surface area contributed by atoms with E-state index in [0.29, 0.717) is 11.0 Å². The number of carbonyl (C=O) groups is 1. The van der Waals surface area contributed by atoms with Gasteiger partial charge in [0.15, 0.2) is 4.34 Å². The number of aromatic nitrogens is 2. The van der Waals surface area contributed by atoms with Crippen LogP contribution in [0, 0.1) is 11.8 Å². The molecule has 0 saturated heterocycles. The quantitative estimate of drug-likeness (QED) is 0.499. The van der Waals surface area contributed by atoms with Crippen molar-refractivity contribution >= 4 is 34.1 Å². The van der Waals surface area contributed by atoms with Crippen LogP contribution in [0.4, 0.5) is 5.13 Å². The molecule has 6 heteroatoms. The second-order valence-corrected chi connectivity index (χ2v) is 6.03. The van der Waals surface area contributed by atoms with Gasteiger partial charge in [-0.2, -0.15) is 0 Å². The number of nitrogens with one attached hydrogen (secondary N) is 1. The van der Waals surface area contributed by atoms with Crippen molar-refractivity contribution in [2.45, 2.75) is 17.7 Å². The Morgan fingerprint density at radius 1 is 1.75 bits per heavy atom. The average Bonchev–Trinajstić information content (AvgIpc) is 2.83. The summed E-state index contributed by atoms with van der Waals surface area (Å²) in [5.41, 5.74) is 0. The monoisotopic (exact) mass is 255 g/mol. The summed E-state index contributed by atoms with van der Waals surface area (Å²) >= 11 is 2.98. The Balaban J connectivity index is 1.87. The highest BCUT2D eigenvalue weighted by Gasteiger charge is 2.39. The molecule has 1 aromatic rings. The zero-order chi connectivity index (χ0) is 11.5. The minimum atomic E-state index is 0.0731. The van der Waals surface area contributed by atoms with Crippen LogP contribution in [-0.4, -0.2) is 21.9 Å². The molecule has 2 atom stereocenters. The molecule has 0 spiro atoms. The fraction of sp³-hybridized carbons (Fsp3) is 0.500. The number of rotatable bonds is 5. The Morgan fingerprint density at radius 2 is 2.50 bits per heavy atom. The summed E-state index contributed by atoms with van der Waals surface area (Å²) < 4.78 is 0.860. The highest BCUT2D eigenvalue weighted by molar-refractivity contribution is 8.01. The Morgan fingerprint density at radius 3 is 3.12 bits per heavy atom. The number of anilines is 1. The van der Waals surface area contributed by atoms with Crippen molar-refractivity contribution in [2.24, 2.45) is 11.8 Å². The number of thioether (sulfide) groups is 1. The van der Waals surface area contributed by atoms with Gasteiger partial charge in [-0.25, -0.2) is 0 Å². The zero-order valence-corrected chi connectivity index (χ0v) is 10.6. The number of amides is 1. The van der Waals surface area contributed by atoms with Crippen molar-refractivity contribution < 1.29 is 4.79 Å². The Hall–Kier alpha value is -0.880. The average molecular weight is 255 g/mol. The fourth-order valence-electron chi connectivity index (χ4n) is 1.33. The van der Waals surface area contributed by atoms with Gasteiger partial charge in [0, 0.05) is 11.7 Å². The lowest BCUT2D eigenvalue weighted by molar-refractivity contribution is -0.117. The van der Waals surface area contributed by atoms with Crippen LogP contribution in [0.2, 0.25) is 0 Å². The summed E-state index contributed by atoms with van der Waals surface area (Å²) in [6, 6.07) is 0. The van der Waals surface area contributed by atoms with E-state index in [0.717, 1.165) is 16.5 Å². The van der Waals surface area contributed by atoms with Crippen LogP contribution < -0.4 is 5.32 Å². The maximum Gasteiger partial charge on any atom is 0.229 e. The molecule has 0 unspecified atom stereocenters. The first-order valence-electron chi connectivity index (χ1n) is 5.08. The van der Waals surface area contributed by atoms with Crippen molar-refractivity contribution in [3.8, 4) is 0 Å². The van der Waals surface area contributed by atoms with Gasteiger partial charge in [0.05, 0.1) is 0 Å². The van der Waals surface area contributed by atoms with Crippen LogP contribution >= 0.6 is 23.1 Å². The van der Waals surface area contributed by atoms with Crippen molar-refractivity contribution in [3.63, 3.8) is 0 Å². The van der Waals surface area contributed by atoms with Crippen LogP contribution in [0.1, 0.15) is 13.3 Å². The van der Waals surface area contributed by atoms with Crippen LogP contribution in [0.15, 0.2) is 17.0 Å². The number of nitrogens with zero attached hydrogens (tertiary/aromatic N) is 2. The first-order valence-corrected chi connectivity index (χ1v) is 6.89. The third-order valence-electron chi connectivity index (χ3n) is 2.41. The molecule has 16 heavy (non-hydrogen) atoms. The maximum atomic E-state index is 11.6. The molecule has 1 aliphatic carbocycles. The fourth-order valence-corrected chi connectivity index (χ4v) is 2.85. The predicted octanol–water partition coefficient (Wildman–Crippen LogP) is 2.41. The van der Waals surface area contributed by atoms with Crippen LogP contribution in [0.3, 0.4) is 0 Å². The molecular weight excluding hydrogens is 242 g/mol. The molecule has 4 nitrogen and oxygen atoms in total. The number of hydrogen-bond donors (Lipinski definition) is 1. The van der Waals surface area contributed by atoms with Crippen LogP contribution in [-0.2, 0) is 4.79 Å². The normalized spacial score (nSPS) is 22.8. The summed E-state index contributed by atoms with van der Waals surface area (Å²) in [6.45, 7) is 5.72. The van der Waals surface area contributed by atoms with Crippen molar-refractivity contribution in [3.05, 3.63) is 12.7 Å². The van der Waals surface area contributed by atoms with Gasteiger partial charge in [-0.05, 0) is 12.3 Å². The van der Waals surface area contributed by atoms with E-state index in [1.165, 1.54) is 11.3 Å². The van der Waals surface area contributed by atoms with Gasteiger partial charge in [0.25, 0.3) is 0 Å². The third-order valence-corrected chi connectivity index (χ3v) is 4.38. The lowest BCUT2D eigenvalue weighted by Gasteiger charge is -1.97. The summed E-state index contributed by atoms with van der Waals surface area (Å²) in [5, 5.41) is 11.3. The van der Waals surface area contributed by atoms with Gasteiger partial charge in [-0.15, -0.1) is 16.8 Å². The van der Waals surface area contributed by atoms with E-state index in [9.17, 15) is 4.79 Å². The van der Waals surface area contributed by atoms with Gasteiger partial charge >= 0.3 is 0 Å². The highest BCUT2D eigenvalue weighted by Crippen LogP contribution is 2.38. The van der Waals surface area contributed by atoms with Gasteiger partial charge in [0.2, 0.25) is 11.0 Å². The second-order valence-electron chi connectivity index (χ2n) is 3.78. The number of hydrogen-bond acceptors (Lipinski definition) is 5. The molecule has 2 rings (SSSR count). The largest absolute Gasteiger partial charge is 0.300 e. The molecular formula is C10H13N3OS2. The summed E-state index contributed by atoms with van der Waals surface area (Å²) in [6.07, 6.45) is 2.80. The molecule has 0 bridgehead atoms. The van der Waals surface area contributed by atoms with Gasteiger partial charge in [-0.3, -0.25) is 4.79 Å². The summed E-state index contributed by atoms with van der Waals surface area (Å²) in [4.78, 5) is 11.6. The summed E-state index contributed by atoms with van der Waals surface area (Å²) in [7, 11) is 0. The van der Waals surface area contributed by atoms with Gasteiger partial charge < -0.3 is 5.32 Å². The molecule has 0 aliphatic heterocycles. The minimum absolute atomic E-state index is 0.0731. The molecule has 1 aliphatic rings. The van der Waals surface area contributed by atoms with Crippen LogP contribution in [0.5, 0.6) is 0 Å². The van der Waals surface area contributed by atoms with Crippen molar-refractivity contribution in [2.75, 3.05) is 11.1 Å². The third kappa shape index (κ3) is 2.82. The lowest BCUT2D eigenvalue weighted by Crippen LogP contribution is -2.14. The van der Waals surface area contributed by atoms with E-state index < -0.39 is 0 Å². The Kier molecular flexibility index (Phi) is 3.60. The van der Waals surface area contributed by atoms with E-state index in [4.69, 9.17) is 0 Å². The second kappa shape index (κ2) is 4.97. The molecule has 1 heterocycles. The topological polar surface area (TPSA) is 54.9 Å². The molecule has 0 aromatic carbocycles. The smallest absolute Gasteiger partial charge is 0.229 e. The zero-order valence-electron chi connectivity index (χ0n) is 8.97. The summed E-state index contributed by atoms with van der Waals surface area (Å²) in [5.74, 6) is 1.57. The predicted molar refractivity (Wildman–Crippen MR) is 66.7 cm³/mol. The van der Waals surface area contributed by atoms with Gasteiger partial charge in [0.1, 0.15) is 0 Å². The van der Waals surface area contributed by atoms with E-state index in [2.05, 4.69) is 29.0 Å². The molecule has 1 amide bonds. The van der Waals surface area contributed by atoms with Crippen molar-refractivity contribution in [1.82, 2.24) is 10.2 Å². The first-order chi connectivity index (χ1) is 7.70. The standard InChI is InChI=1S/C10H13N3OS2/c1-3-4-15-10-13-12-9(16-10)11-8(14)7-5-6(7)2/h3,6-7H,1,4-5H2,2H3,(H,11,12,14)/t6-,7+/m0/s1. The first kappa shape index (κ1) is 11.6. The van der Waals surface area contributed by atoms with Crippen molar-refractivity contribution in [1.29, 1.82) is 0 Å². The highest BCUT2D eigenvalue weighted by atomic mass is 32.2. The van der Waals surface area contributed by atoms with E-state index >= 15 is 0 Å². The van der Waals surface area contributed by atoms with E-state index in [1.54, 1.807) is 11.8 Å². The van der Waals surface area contributed by atoms with E-state index in [1.807, 2.05) is 6.08 Å². The molecule has 1 aromatic heterocycles. The number of carbonyl (C=O) groups excluding carboxylic acids is 1.